The van der Waals surface area contributed by atoms with Crippen LogP contribution in [0.1, 0.15) is 73.0 Å². The molecule has 0 saturated heterocycles. The summed E-state index contributed by atoms with van der Waals surface area (Å²) >= 11 is 0. The van der Waals surface area contributed by atoms with Crippen molar-refractivity contribution in [2.24, 2.45) is 0 Å². The molecule has 2 aromatic heterocycles. The van der Waals surface area contributed by atoms with Crippen molar-refractivity contribution in [1.29, 1.82) is 0 Å². The zero-order valence-electron chi connectivity index (χ0n) is 23.3. The number of anilines is 1. The van der Waals surface area contributed by atoms with E-state index in [4.69, 9.17) is 4.52 Å². The molecule has 0 aliphatic rings. The number of aryl methyl sites for hydroxylation is 1. The van der Waals surface area contributed by atoms with E-state index in [1.807, 2.05) is 41.2 Å². The van der Waals surface area contributed by atoms with Gasteiger partial charge in [0.05, 0.1) is 11.4 Å². The molecule has 0 radical (unpaired) electrons. The molecule has 8 heteroatoms. The largest absolute Gasteiger partial charge is 0.359 e. The van der Waals surface area contributed by atoms with Gasteiger partial charge in [0, 0.05) is 29.4 Å². The van der Waals surface area contributed by atoms with Gasteiger partial charge in [0.25, 0.3) is 10.0 Å². The fourth-order valence-corrected chi connectivity index (χ4v) is 6.28. The quantitative estimate of drug-likeness (QED) is 0.138. The van der Waals surface area contributed by atoms with Gasteiger partial charge in [-0.3, -0.25) is 9.40 Å². The van der Waals surface area contributed by atoms with Crippen LogP contribution in [0.5, 0.6) is 0 Å². The summed E-state index contributed by atoms with van der Waals surface area (Å²) in [5, 5.41) is 8.34. The number of nitrogens with zero attached hydrogens (tertiary/aromatic N) is 3. The lowest BCUT2D eigenvalue weighted by Crippen LogP contribution is -2.16. The fourth-order valence-electron chi connectivity index (χ4n) is 5.00. The van der Waals surface area contributed by atoms with Crippen LogP contribution in [-0.4, -0.2) is 23.4 Å². The molecule has 1 unspecified atom stereocenters. The maximum atomic E-state index is 13.6. The van der Waals surface area contributed by atoms with Gasteiger partial charge in [0.15, 0.2) is 5.82 Å². The molecule has 7 nitrogen and oxygen atoms in total. The van der Waals surface area contributed by atoms with E-state index in [-0.39, 0.29) is 16.6 Å². The van der Waals surface area contributed by atoms with Crippen LogP contribution in [0.25, 0.3) is 11.1 Å². The van der Waals surface area contributed by atoms with Gasteiger partial charge in [-0.2, -0.15) is 5.10 Å². The lowest BCUT2D eigenvalue weighted by atomic mass is 9.85. The Balaban J connectivity index is 1.80. The number of hydrogen-bond donors (Lipinski definition) is 1. The van der Waals surface area contributed by atoms with E-state index in [1.165, 1.54) is 24.8 Å². The van der Waals surface area contributed by atoms with Crippen LogP contribution < -0.4 is 4.72 Å². The van der Waals surface area contributed by atoms with E-state index in [0.29, 0.717) is 23.4 Å². The number of rotatable bonds is 13. The first-order chi connectivity index (χ1) is 18.8. The molecule has 206 valence electrons. The maximum Gasteiger partial charge on any atom is 0.263 e. The zero-order chi connectivity index (χ0) is 28.0. The standard InChI is InChI=1S/C31H38N4O3S/c1-6-8-9-10-14-25(7-2)26-17-18-27(29(23(26)4)21-35-20-13-19-32-35)28-15-11-12-16-30(28)39(36,37)34-31-22(3)24(5)38-33-31/h7,11-13,15-20,25H,2,6,8-10,14,21H2,1,3-5H3,(H,33,34). The Labute approximate surface area is 232 Å². The van der Waals surface area contributed by atoms with Crippen LogP contribution in [0.4, 0.5) is 5.82 Å². The van der Waals surface area contributed by atoms with Crippen molar-refractivity contribution in [3.63, 3.8) is 0 Å². The Kier molecular flexibility index (Phi) is 9.07. The monoisotopic (exact) mass is 546 g/mol. The Bertz CT molecular complexity index is 1520. The van der Waals surface area contributed by atoms with Crippen molar-refractivity contribution in [3.05, 3.63) is 95.5 Å². The first-order valence-electron chi connectivity index (χ1n) is 13.5. The summed E-state index contributed by atoms with van der Waals surface area (Å²) < 4.78 is 37.0. The van der Waals surface area contributed by atoms with E-state index in [2.05, 4.69) is 41.5 Å². The van der Waals surface area contributed by atoms with Crippen LogP contribution in [0, 0.1) is 20.8 Å². The number of aromatic nitrogens is 3. The first-order valence-corrected chi connectivity index (χ1v) is 15.0. The molecule has 0 saturated carbocycles. The molecule has 0 aliphatic carbocycles. The molecule has 4 rings (SSSR count). The van der Waals surface area contributed by atoms with Gasteiger partial charge in [-0.25, -0.2) is 8.42 Å². The lowest BCUT2D eigenvalue weighted by Gasteiger charge is -2.22. The highest BCUT2D eigenvalue weighted by molar-refractivity contribution is 7.92. The lowest BCUT2D eigenvalue weighted by molar-refractivity contribution is 0.399. The molecule has 0 amide bonds. The van der Waals surface area contributed by atoms with E-state index in [9.17, 15) is 8.42 Å². The summed E-state index contributed by atoms with van der Waals surface area (Å²) in [7, 11) is -3.95. The minimum Gasteiger partial charge on any atom is -0.359 e. The summed E-state index contributed by atoms with van der Waals surface area (Å²) in [4.78, 5) is 0.179. The molecule has 2 heterocycles. The third kappa shape index (κ3) is 6.33. The molecule has 2 aromatic carbocycles. The molecular formula is C31H38N4O3S. The number of benzene rings is 2. The second-order valence-electron chi connectivity index (χ2n) is 10.0. The van der Waals surface area contributed by atoms with Crippen LogP contribution in [0.15, 0.2) is 76.9 Å². The van der Waals surface area contributed by atoms with Gasteiger partial charge >= 0.3 is 0 Å². The average Bonchev–Trinajstić information content (AvgIpc) is 3.56. The van der Waals surface area contributed by atoms with Crippen molar-refractivity contribution in [2.75, 3.05) is 4.72 Å². The maximum absolute atomic E-state index is 13.6. The van der Waals surface area contributed by atoms with Gasteiger partial charge < -0.3 is 4.52 Å². The number of sulfonamides is 1. The van der Waals surface area contributed by atoms with E-state index < -0.39 is 10.0 Å². The fraction of sp³-hybridized carbons (Fsp3) is 0.355. The number of unbranched alkanes of at least 4 members (excludes halogenated alkanes) is 3. The second-order valence-corrected chi connectivity index (χ2v) is 11.7. The summed E-state index contributed by atoms with van der Waals surface area (Å²) in [6.45, 7) is 12.5. The molecule has 0 bridgehead atoms. The van der Waals surface area contributed by atoms with Crippen LogP contribution in [0.3, 0.4) is 0 Å². The van der Waals surface area contributed by atoms with E-state index in [0.717, 1.165) is 29.5 Å². The zero-order valence-corrected chi connectivity index (χ0v) is 24.1. The number of hydrogen-bond acceptors (Lipinski definition) is 5. The van der Waals surface area contributed by atoms with Gasteiger partial charge in [0.2, 0.25) is 0 Å². The summed E-state index contributed by atoms with van der Waals surface area (Å²) in [6.07, 6.45) is 11.5. The van der Waals surface area contributed by atoms with Crippen LogP contribution in [0.2, 0.25) is 0 Å². The molecule has 1 N–H and O–H groups in total. The summed E-state index contributed by atoms with van der Waals surface area (Å²) in [5.74, 6) is 0.994. The average molecular weight is 547 g/mol. The molecule has 0 spiro atoms. The number of allylic oxidation sites excluding steroid dienone is 1. The van der Waals surface area contributed by atoms with Crippen molar-refractivity contribution >= 4 is 15.8 Å². The van der Waals surface area contributed by atoms with Crippen molar-refractivity contribution in [2.45, 2.75) is 77.2 Å². The summed E-state index contributed by atoms with van der Waals surface area (Å²) in [6, 6.07) is 13.1. The Morgan fingerprint density at radius 2 is 1.82 bits per heavy atom. The highest BCUT2D eigenvalue weighted by Crippen LogP contribution is 2.37. The molecule has 0 fully saturated rings. The Morgan fingerprint density at radius 3 is 2.49 bits per heavy atom. The third-order valence-electron chi connectivity index (χ3n) is 7.43. The van der Waals surface area contributed by atoms with Crippen molar-refractivity contribution in [3.8, 4) is 11.1 Å². The highest BCUT2D eigenvalue weighted by Gasteiger charge is 2.25. The van der Waals surface area contributed by atoms with E-state index >= 15 is 0 Å². The SMILES string of the molecule is C=CC(CCCCCC)c1ccc(-c2ccccc2S(=O)(=O)Nc2noc(C)c2C)c(Cn2cccn2)c1C. The highest BCUT2D eigenvalue weighted by atomic mass is 32.2. The minimum absolute atomic E-state index is 0.179. The van der Waals surface area contributed by atoms with Crippen LogP contribution >= 0.6 is 0 Å². The predicted molar refractivity (Wildman–Crippen MR) is 156 cm³/mol. The van der Waals surface area contributed by atoms with Gasteiger partial charge in [-0.05, 0) is 61.6 Å². The molecular weight excluding hydrogens is 508 g/mol. The van der Waals surface area contributed by atoms with Crippen LogP contribution in [-0.2, 0) is 16.6 Å². The smallest absolute Gasteiger partial charge is 0.263 e. The van der Waals surface area contributed by atoms with Crippen molar-refractivity contribution < 1.29 is 12.9 Å². The number of nitrogens with one attached hydrogen (secondary N) is 1. The predicted octanol–water partition coefficient (Wildman–Crippen LogP) is 7.55. The molecule has 0 aliphatic heterocycles. The first kappa shape index (κ1) is 28.4. The second kappa shape index (κ2) is 12.5. The van der Waals surface area contributed by atoms with Gasteiger partial charge in [-0.15, -0.1) is 6.58 Å². The topological polar surface area (TPSA) is 90.0 Å². The minimum atomic E-state index is -3.95. The normalized spacial score (nSPS) is 12.4. The van der Waals surface area contributed by atoms with Crippen molar-refractivity contribution in [1.82, 2.24) is 14.9 Å². The molecule has 39 heavy (non-hydrogen) atoms. The Morgan fingerprint density at radius 1 is 1.03 bits per heavy atom. The van der Waals surface area contributed by atoms with E-state index in [1.54, 1.807) is 32.2 Å². The summed E-state index contributed by atoms with van der Waals surface area (Å²) in [5.41, 5.74) is 5.52. The molecule has 4 aromatic rings. The third-order valence-corrected chi connectivity index (χ3v) is 8.82. The van der Waals surface area contributed by atoms with Gasteiger partial charge in [-0.1, -0.05) is 74.2 Å². The molecule has 1 atom stereocenters. The van der Waals surface area contributed by atoms with Gasteiger partial charge in [0.1, 0.15) is 5.76 Å². The Hall–Kier alpha value is -3.65.